The summed E-state index contributed by atoms with van der Waals surface area (Å²) >= 11 is 0. The smallest absolute Gasteiger partial charge is 0.123 e. The fourth-order valence-electron chi connectivity index (χ4n) is 4.60. The van der Waals surface area contributed by atoms with Crippen molar-refractivity contribution in [3.05, 3.63) is 29.3 Å². The van der Waals surface area contributed by atoms with E-state index in [1.54, 1.807) is 7.11 Å². The molecule has 116 valence electrons. The Hall–Kier alpha value is -1.02. The van der Waals surface area contributed by atoms with Crippen LogP contribution in [0.2, 0.25) is 0 Å². The fourth-order valence-corrected chi connectivity index (χ4v) is 4.60. The van der Waals surface area contributed by atoms with Gasteiger partial charge in [-0.25, -0.2) is 0 Å². The third-order valence-electron chi connectivity index (χ3n) is 5.83. The Bertz CT molecular complexity index is 484. The van der Waals surface area contributed by atoms with Crippen LogP contribution in [0.1, 0.15) is 62.1 Å². The summed E-state index contributed by atoms with van der Waals surface area (Å²) in [5, 5.41) is 0. The average molecular weight is 287 g/mol. The van der Waals surface area contributed by atoms with Crippen LogP contribution >= 0.6 is 0 Å². The number of benzene rings is 1. The Balaban J connectivity index is 1.76. The van der Waals surface area contributed by atoms with Gasteiger partial charge >= 0.3 is 0 Å². The lowest BCUT2D eigenvalue weighted by Crippen LogP contribution is -2.33. The van der Waals surface area contributed by atoms with Crippen LogP contribution in [0.3, 0.4) is 0 Å². The zero-order valence-electron chi connectivity index (χ0n) is 13.5. The van der Waals surface area contributed by atoms with Gasteiger partial charge in [0.2, 0.25) is 0 Å². The zero-order valence-corrected chi connectivity index (χ0v) is 13.5. The van der Waals surface area contributed by atoms with Crippen LogP contribution in [-0.2, 0) is 0 Å². The number of nitrogens with two attached hydrogens (primary N) is 1. The number of rotatable bonds is 3. The highest BCUT2D eigenvalue weighted by Crippen LogP contribution is 2.46. The molecular weight excluding hydrogens is 258 g/mol. The van der Waals surface area contributed by atoms with Crippen molar-refractivity contribution in [3.63, 3.8) is 0 Å². The van der Waals surface area contributed by atoms with E-state index in [4.69, 9.17) is 10.5 Å². The second kappa shape index (κ2) is 6.39. The quantitative estimate of drug-likeness (QED) is 0.881. The minimum Gasteiger partial charge on any atom is -0.496 e. The van der Waals surface area contributed by atoms with Gasteiger partial charge in [0.25, 0.3) is 0 Å². The van der Waals surface area contributed by atoms with Crippen molar-refractivity contribution in [3.8, 4) is 5.75 Å². The SMILES string of the molecule is COc1ccc(C)cc1C(N)C1CCC2CCCCC2C1. The molecule has 0 bridgehead atoms. The molecule has 2 aliphatic carbocycles. The number of hydrogen-bond donors (Lipinski definition) is 1. The first-order valence-electron chi connectivity index (χ1n) is 8.59. The minimum absolute atomic E-state index is 0.128. The molecule has 2 nitrogen and oxygen atoms in total. The van der Waals surface area contributed by atoms with Crippen molar-refractivity contribution in [1.82, 2.24) is 0 Å². The van der Waals surface area contributed by atoms with Crippen molar-refractivity contribution in [2.45, 2.75) is 57.9 Å². The van der Waals surface area contributed by atoms with Crippen LogP contribution < -0.4 is 10.5 Å². The topological polar surface area (TPSA) is 35.2 Å². The minimum atomic E-state index is 0.128. The lowest BCUT2D eigenvalue weighted by molar-refractivity contribution is 0.117. The lowest BCUT2D eigenvalue weighted by Gasteiger charge is -2.41. The van der Waals surface area contributed by atoms with Gasteiger partial charge in [0, 0.05) is 11.6 Å². The van der Waals surface area contributed by atoms with E-state index in [-0.39, 0.29) is 6.04 Å². The van der Waals surface area contributed by atoms with Crippen molar-refractivity contribution in [2.24, 2.45) is 23.5 Å². The molecule has 2 heteroatoms. The molecule has 4 atom stereocenters. The highest BCUT2D eigenvalue weighted by atomic mass is 16.5. The molecule has 21 heavy (non-hydrogen) atoms. The van der Waals surface area contributed by atoms with Gasteiger partial charge in [0.15, 0.2) is 0 Å². The van der Waals surface area contributed by atoms with E-state index in [2.05, 4.69) is 25.1 Å². The first kappa shape index (κ1) is 14.9. The summed E-state index contributed by atoms with van der Waals surface area (Å²) in [6.07, 6.45) is 9.76. The molecular formula is C19H29NO. The van der Waals surface area contributed by atoms with Crippen LogP contribution in [0.5, 0.6) is 5.75 Å². The Morgan fingerprint density at radius 3 is 2.62 bits per heavy atom. The Kier molecular flexibility index (Phi) is 4.54. The summed E-state index contributed by atoms with van der Waals surface area (Å²) in [6, 6.07) is 6.52. The molecule has 1 aromatic carbocycles. The van der Waals surface area contributed by atoms with Crippen molar-refractivity contribution < 1.29 is 4.74 Å². The molecule has 2 saturated carbocycles. The summed E-state index contributed by atoms with van der Waals surface area (Å²) in [4.78, 5) is 0. The molecule has 0 aliphatic heterocycles. The number of fused-ring (bicyclic) bond motifs is 1. The number of aryl methyl sites for hydroxylation is 1. The van der Waals surface area contributed by atoms with E-state index in [9.17, 15) is 0 Å². The number of methoxy groups -OCH3 is 1. The van der Waals surface area contributed by atoms with Gasteiger partial charge in [0.05, 0.1) is 7.11 Å². The maximum atomic E-state index is 6.66. The van der Waals surface area contributed by atoms with Gasteiger partial charge in [-0.2, -0.15) is 0 Å². The zero-order chi connectivity index (χ0) is 14.8. The van der Waals surface area contributed by atoms with Gasteiger partial charge in [-0.3, -0.25) is 0 Å². The Morgan fingerprint density at radius 2 is 1.86 bits per heavy atom. The third-order valence-corrected chi connectivity index (χ3v) is 5.83. The molecule has 3 rings (SSSR count). The highest BCUT2D eigenvalue weighted by molar-refractivity contribution is 5.39. The first-order valence-corrected chi connectivity index (χ1v) is 8.59. The monoisotopic (exact) mass is 287 g/mol. The molecule has 0 spiro atoms. The van der Waals surface area contributed by atoms with Gasteiger partial charge in [-0.05, 0) is 50.0 Å². The molecule has 0 heterocycles. The fraction of sp³-hybridized carbons (Fsp3) is 0.684. The predicted octanol–water partition coefficient (Wildman–Crippen LogP) is 4.61. The van der Waals surface area contributed by atoms with E-state index in [0.717, 1.165) is 17.6 Å². The molecule has 2 N–H and O–H groups in total. The van der Waals surface area contributed by atoms with Crippen LogP contribution in [0.4, 0.5) is 0 Å². The largest absolute Gasteiger partial charge is 0.496 e. The van der Waals surface area contributed by atoms with Crippen LogP contribution in [0.15, 0.2) is 18.2 Å². The molecule has 0 saturated heterocycles. The van der Waals surface area contributed by atoms with Crippen LogP contribution in [0, 0.1) is 24.7 Å². The predicted molar refractivity (Wildman–Crippen MR) is 87.4 cm³/mol. The Morgan fingerprint density at radius 1 is 1.10 bits per heavy atom. The van der Waals surface area contributed by atoms with Crippen molar-refractivity contribution in [1.29, 1.82) is 0 Å². The maximum Gasteiger partial charge on any atom is 0.123 e. The van der Waals surface area contributed by atoms with Gasteiger partial charge in [0.1, 0.15) is 5.75 Å². The summed E-state index contributed by atoms with van der Waals surface area (Å²) in [6.45, 7) is 2.13. The second-order valence-corrected chi connectivity index (χ2v) is 7.15. The molecule has 2 aliphatic rings. The van der Waals surface area contributed by atoms with Crippen LogP contribution in [-0.4, -0.2) is 7.11 Å². The van der Waals surface area contributed by atoms with Gasteiger partial charge in [-0.1, -0.05) is 43.4 Å². The summed E-state index contributed by atoms with van der Waals surface area (Å²) in [5.41, 5.74) is 9.13. The summed E-state index contributed by atoms with van der Waals surface area (Å²) in [7, 11) is 1.75. The van der Waals surface area contributed by atoms with E-state index in [1.165, 1.54) is 56.1 Å². The van der Waals surface area contributed by atoms with E-state index in [1.807, 2.05) is 0 Å². The molecule has 0 amide bonds. The average Bonchev–Trinajstić information content (AvgIpc) is 2.53. The van der Waals surface area contributed by atoms with Crippen molar-refractivity contribution in [2.75, 3.05) is 7.11 Å². The number of hydrogen-bond acceptors (Lipinski definition) is 2. The van der Waals surface area contributed by atoms with Gasteiger partial charge < -0.3 is 10.5 Å². The molecule has 4 unspecified atom stereocenters. The molecule has 2 fully saturated rings. The lowest BCUT2D eigenvalue weighted by atomic mass is 9.65. The molecule has 0 radical (unpaired) electrons. The molecule has 1 aromatic rings. The summed E-state index contributed by atoms with van der Waals surface area (Å²) in [5.74, 6) is 3.50. The normalized spacial score (nSPS) is 30.5. The Labute approximate surface area is 129 Å². The van der Waals surface area contributed by atoms with E-state index in [0.29, 0.717) is 5.92 Å². The van der Waals surface area contributed by atoms with Crippen molar-refractivity contribution >= 4 is 0 Å². The summed E-state index contributed by atoms with van der Waals surface area (Å²) < 4.78 is 5.54. The highest BCUT2D eigenvalue weighted by Gasteiger charge is 2.35. The van der Waals surface area contributed by atoms with E-state index < -0.39 is 0 Å². The maximum absolute atomic E-state index is 6.66. The second-order valence-electron chi connectivity index (χ2n) is 7.15. The third kappa shape index (κ3) is 3.11. The van der Waals surface area contributed by atoms with Gasteiger partial charge in [-0.15, -0.1) is 0 Å². The molecule has 0 aromatic heterocycles. The van der Waals surface area contributed by atoms with E-state index >= 15 is 0 Å². The first-order chi connectivity index (χ1) is 10.2. The van der Waals surface area contributed by atoms with Crippen LogP contribution in [0.25, 0.3) is 0 Å². The standard InChI is InChI=1S/C19H29NO/c1-13-7-10-18(21-2)17(11-13)19(20)16-9-8-14-5-3-4-6-15(14)12-16/h7,10-11,14-16,19H,3-6,8-9,12,20H2,1-2H3. The number of ether oxygens (including phenoxy) is 1.